The third-order valence-corrected chi connectivity index (χ3v) is 5.82. The van der Waals surface area contributed by atoms with Crippen molar-refractivity contribution in [3.8, 4) is 5.75 Å². The molecular weight excluding hydrogens is 480 g/mol. The minimum atomic E-state index is -0.812. The first-order valence-electron chi connectivity index (χ1n) is 11.6. The largest absolute Gasteiger partial charge is 0.491 e. The van der Waals surface area contributed by atoms with Crippen LogP contribution in [0.15, 0.2) is 66.7 Å². The monoisotopic (exact) mass is 508 g/mol. The lowest BCUT2D eigenvalue weighted by atomic mass is 10.1. The Morgan fingerprint density at radius 3 is 2.25 bits per heavy atom. The molecule has 0 fully saturated rings. The molecule has 0 atom stereocenters. The number of rotatable bonds is 11. The van der Waals surface area contributed by atoms with E-state index in [2.05, 4.69) is 5.32 Å². The van der Waals surface area contributed by atoms with Crippen molar-refractivity contribution in [3.63, 3.8) is 0 Å². The summed E-state index contributed by atoms with van der Waals surface area (Å²) in [5, 5.41) is 12.0. The van der Waals surface area contributed by atoms with Gasteiger partial charge in [-0.3, -0.25) is 14.4 Å². The molecule has 0 unspecified atom stereocenters. The number of carbonyl (C=O) groups is 3. The van der Waals surface area contributed by atoms with Crippen LogP contribution >= 0.6 is 11.6 Å². The third kappa shape index (κ3) is 7.58. The molecule has 0 radical (unpaired) electrons. The summed E-state index contributed by atoms with van der Waals surface area (Å²) in [5.74, 6) is -0.879. The second kappa shape index (κ2) is 12.7. The fraction of sp³-hybridized carbons (Fsp3) is 0.250. The van der Waals surface area contributed by atoms with Gasteiger partial charge in [-0.2, -0.15) is 0 Å². The summed E-state index contributed by atoms with van der Waals surface area (Å²) in [6.07, 6.45) is 2.12. The summed E-state index contributed by atoms with van der Waals surface area (Å²) >= 11 is 6.14. The fourth-order valence-electron chi connectivity index (χ4n) is 3.53. The van der Waals surface area contributed by atoms with Crippen LogP contribution in [0.2, 0.25) is 5.02 Å². The Morgan fingerprint density at radius 1 is 0.917 bits per heavy atom. The van der Waals surface area contributed by atoms with E-state index < -0.39 is 5.97 Å². The van der Waals surface area contributed by atoms with Gasteiger partial charge >= 0.3 is 5.97 Å². The predicted molar refractivity (Wildman–Crippen MR) is 141 cm³/mol. The van der Waals surface area contributed by atoms with Crippen LogP contribution in [0.4, 0.5) is 11.4 Å². The maximum atomic E-state index is 13.1. The smallest absolute Gasteiger partial charge is 0.303 e. The van der Waals surface area contributed by atoms with Gasteiger partial charge in [-0.1, -0.05) is 29.3 Å². The van der Waals surface area contributed by atoms with Crippen LogP contribution in [-0.2, 0) is 4.79 Å². The summed E-state index contributed by atoms with van der Waals surface area (Å²) in [6, 6.07) is 19.0. The number of aryl methyl sites for hydroxylation is 1. The molecule has 0 aliphatic heterocycles. The lowest BCUT2D eigenvalue weighted by Crippen LogP contribution is -2.27. The van der Waals surface area contributed by atoms with Gasteiger partial charge in [-0.25, -0.2) is 0 Å². The Bertz CT molecular complexity index is 1210. The maximum absolute atomic E-state index is 13.1. The minimum Gasteiger partial charge on any atom is -0.491 e. The Kier molecular flexibility index (Phi) is 9.47. The molecule has 188 valence electrons. The number of ether oxygens (including phenoxy) is 1. The molecule has 0 bridgehead atoms. The number of nitrogens with zero attached hydrogens (tertiary/aromatic N) is 1. The first kappa shape index (κ1) is 26.8. The van der Waals surface area contributed by atoms with Crippen LogP contribution < -0.4 is 15.0 Å². The Balaban J connectivity index is 1.64. The van der Waals surface area contributed by atoms with Crippen LogP contribution in [0.3, 0.4) is 0 Å². The average Bonchev–Trinajstić information content (AvgIpc) is 2.86. The van der Waals surface area contributed by atoms with E-state index in [9.17, 15) is 14.4 Å². The van der Waals surface area contributed by atoms with Gasteiger partial charge in [0.25, 0.3) is 11.8 Å². The third-order valence-electron chi connectivity index (χ3n) is 5.58. The van der Waals surface area contributed by atoms with E-state index in [0.29, 0.717) is 52.7 Å². The maximum Gasteiger partial charge on any atom is 0.303 e. The van der Waals surface area contributed by atoms with Crippen molar-refractivity contribution in [2.45, 2.75) is 32.6 Å². The van der Waals surface area contributed by atoms with Crippen molar-refractivity contribution in [3.05, 3.63) is 88.4 Å². The molecule has 0 spiro atoms. The van der Waals surface area contributed by atoms with Crippen LogP contribution in [0.1, 0.15) is 52.0 Å². The molecule has 2 N–H and O–H groups in total. The zero-order chi connectivity index (χ0) is 26.1. The summed E-state index contributed by atoms with van der Waals surface area (Å²) in [7, 11) is 1.64. The summed E-state index contributed by atoms with van der Waals surface area (Å²) in [6.45, 7) is 2.35. The highest BCUT2D eigenvalue weighted by atomic mass is 35.5. The van der Waals surface area contributed by atoms with E-state index in [1.807, 2.05) is 31.2 Å². The van der Waals surface area contributed by atoms with Gasteiger partial charge in [-0.15, -0.1) is 0 Å². The molecule has 0 aliphatic carbocycles. The van der Waals surface area contributed by atoms with Gasteiger partial charge in [0.15, 0.2) is 0 Å². The topological polar surface area (TPSA) is 95.9 Å². The minimum absolute atomic E-state index is 0.131. The summed E-state index contributed by atoms with van der Waals surface area (Å²) in [5.41, 5.74) is 3.20. The van der Waals surface area contributed by atoms with E-state index in [0.717, 1.165) is 12.0 Å². The molecule has 0 saturated heterocycles. The molecule has 0 heterocycles. The van der Waals surface area contributed by atoms with Crippen molar-refractivity contribution in [1.82, 2.24) is 0 Å². The number of carboxylic acids is 1. The number of hydrogen-bond acceptors (Lipinski definition) is 4. The van der Waals surface area contributed by atoms with Gasteiger partial charge < -0.3 is 20.1 Å². The molecule has 3 aromatic carbocycles. The second-order valence-electron chi connectivity index (χ2n) is 8.43. The fourth-order valence-corrected chi connectivity index (χ4v) is 3.69. The van der Waals surface area contributed by atoms with E-state index in [-0.39, 0.29) is 18.2 Å². The zero-order valence-corrected chi connectivity index (χ0v) is 21.0. The molecule has 8 heteroatoms. The Labute approximate surface area is 215 Å². The van der Waals surface area contributed by atoms with Crippen molar-refractivity contribution < 1.29 is 24.2 Å². The molecule has 0 saturated carbocycles. The zero-order valence-electron chi connectivity index (χ0n) is 20.3. The highest BCUT2D eigenvalue weighted by Gasteiger charge is 2.18. The standard InChI is InChI=1S/C28H29ClN2O5/c1-19-7-14-23(15-8-19)30-27(34)20-9-11-21(12-10-20)28(35)31(2)24-16-13-22(29)18-25(24)36-17-5-3-4-6-26(32)33/h7-16,18H,3-6,17H2,1-2H3,(H,30,34)(H,32,33). The van der Waals surface area contributed by atoms with E-state index >= 15 is 0 Å². The highest BCUT2D eigenvalue weighted by Crippen LogP contribution is 2.32. The highest BCUT2D eigenvalue weighted by molar-refractivity contribution is 6.30. The number of aliphatic carboxylic acids is 1. The number of carbonyl (C=O) groups excluding carboxylic acids is 2. The lowest BCUT2D eigenvalue weighted by molar-refractivity contribution is -0.137. The number of unbranched alkanes of at least 4 members (excludes halogenated alkanes) is 2. The average molecular weight is 509 g/mol. The van der Waals surface area contributed by atoms with Gasteiger partial charge in [0.1, 0.15) is 5.75 Å². The van der Waals surface area contributed by atoms with E-state index in [1.54, 1.807) is 49.5 Å². The van der Waals surface area contributed by atoms with Gasteiger partial charge in [0, 0.05) is 41.4 Å². The molecule has 36 heavy (non-hydrogen) atoms. The van der Waals surface area contributed by atoms with Crippen molar-refractivity contribution in [2.75, 3.05) is 23.9 Å². The van der Waals surface area contributed by atoms with Gasteiger partial charge in [-0.05, 0) is 74.7 Å². The molecular formula is C28H29ClN2O5. The summed E-state index contributed by atoms with van der Waals surface area (Å²) in [4.78, 5) is 37.8. The van der Waals surface area contributed by atoms with Crippen LogP contribution in [0.5, 0.6) is 5.75 Å². The van der Waals surface area contributed by atoms with E-state index in [1.165, 1.54) is 4.90 Å². The Hall–Kier alpha value is -3.84. The summed E-state index contributed by atoms with van der Waals surface area (Å²) < 4.78 is 5.87. The number of nitrogens with one attached hydrogen (secondary N) is 1. The molecule has 0 aromatic heterocycles. The number of amides is 2. The first-order chi connectivity index (χ1) is 17.2. The number of hydrogen-bond donors (Lipinski definition) is 2. The van der Waals surface area contributed by atoms with Crippen molar-refractivity contribution in [1.29, 1.82) is 0 Å². The quantitative estimate of drug-likeness (QED) is 0.300. The van der Waals surface area contributed by atoms with Gasteiger partial charge in [0.2, 0.25) is 0 Å². The molecule has 2 amide bonds. The lowest BCUT2D eigenvalue weighted by Gasteiger charge is -2.21. The normalized spacial score (nSPS) is 10.5. The SMILES string of the molecule is Cc1ccc(NC(=O)c2ccc(C(=O)N(C)c3ccc(Cl)cc3OCCCCCC(=O)O)cc2)cc1. The number of halogens is 1. The number of anilines is 2. The number of benzene rings is 3. The van der Waals surface area contributed by atoms with Crippen molar-refractivity contribution >= 4 is 40.8 Å². The van der Waals surface area contributed by atoms with Crippen LogP contribution in [0.25, 0.3) is 0 Å². The molecule has 0 aliphatic rings. The molecule has 3 aromatic rings. The van der Waals surface area contributed by atoms with Crippen molar-refractivity contribution in [2.24, 2.45) is 0 Å². The van der Waals surface area contributed by atoms with Crippen LogP contribution in [-0.4, -0.2) is 36.5 Å². The number of carboxylic acid groups (broad SMARTS) is 1. The predicted octanol–water partition coefficient (Wildman–Crippen LogP) is 6.20. The van der Waals surface area contributed by atoms with Gasteiger partial charge in [0.05, 0.1) is 12.3 Å². The second-order valence-corrected chi connectivity index (χ2v) is 8.86. The molecule has 3 rings (SSSR count). The molecule has 7 nitrogen and oxygen atoms in total. The van der Waals surface area contributed by atoms with Crippen LogP contribution in [0, 0.1) is 6.92 Å². The van der Waals surface area contributed by atoms with E-state index in [4.69, 9.17) is 21.4 Å². The first-order valence-corrected chi connectivity index (χ1v) is 12.0. The Morgan fingerprint density at radius 2 is 1.58 bits per heavy atom.